The van der Waals surface area contributed by atoms with Gasteiger partial charge in [0.2, 0.25) is 0 Å². The molecule has 2 nitrogen and oxygen atoms in total. The molecule has 0 aromatic rings. The quantitative estimate of drug-likeness (QED) is 0.668. The van der Waals surface area contributed by atoms with E-state index in [1.807, 2.05) is 0 Å². The summed E-state index contributed by atoms with van der Waals surface area (Å²) in [6.45, 7) is 7.96. The maximum absolute atomic E-state index is 5.76. The van der Waals surface area contributed by atoms with Crippen LogP contribution in [0.15, 0.2) is 0 Å². The van der Waals surface area contributed by atoms with E-state index in [0.717, 1.165) is 13.2 Å². The predicted octanol–water partition coefficient (Wildman–Crippen LogP) is 2.93. The molecule has 0 heterocycles. The van der Waals surface area contributed by atoms with E-state index in [0.29, 0.717) is 0 Å². The van der Waals surface area contributed by atoms with E-state index < -0.39 is 19.2 Å². The van der Waals surface area contributed by atoms with Crippen LogP contribution in [0.3, 0.4) is 0 Å². The first-order valence-electron chi connectivity index (χ1n) is 4.96. The molecule has 0 aliphatic carbocycles. The van der Waals surface area contributed by atoms with Crippen molar-refractivity contribution in [3.8, 4) is 0 Å². The third-order valence-electron chi connectivity index (χ3n) is 1.88. The van der Waals surface area contributed by atoms with Gasteiger partial charge in [-0.25, -0.2) is 0 Å². The average Bonchev–Trinajstić information content (AvgIpc) is 2.02. The van der Waals surface area contributed by atoms with Crippen LogP contribution in [0.4, 0.5) is 0 Å². The van der Waals surface area contributed by atoms with E-state index in [4.69, 9.17) is 6.15 Å². The number of hydrogen-bond acceptors (Lipinski definition) is 2. The minimum absolute atomic E-state index is 0.816. The van der Waals surface area contributed by atoms with E-state index in [2.05, 4.69) is 25.7 Å². The van der Waals surface area contributed by atoms with Crippen LogP contribution in [-0.2, 0) is 6.15 Å². The van der Waals surface area contributed by atoms with Gasteiger partial charge < -0.3 is 0 Å². The molecule has 0 amide bonds. The molecule has 0 saturated heterocycles. The molecule has 0 aliphatic rings. The van der Waals surface area contributed by atoms with Crippen molar-refractivity contribution >= 4 is 19.2 Å². The molecule has 0 aromatic carbocycles. The van der Waals surface area contributed by atoms with Gasteiger partial charge in [0.1, 0.15) is 0 Å². The van der Waals surface area contributed by atoms with Crippen LogP contribution in [0, 0.1) is 0 Å². The number of rotatable bonds is 7. The topological polar surface area (TPSA) is 18.5 Å². The second kappa shape index (κ2) is 7.15. The first kappa shape index (κ1) is 12.7. The zero-order valence-electron chi connectivity index (χ0n) is 8.85. The summed E-state index contributed by atoms with van der Waals surface area (Å²) in [6, 6.07) is 0. The molecule has 0 aliphatic heterocycles. The van der Waals surface area contributed by atoms with E-state index in [1.165, 1.54) is 17.3 Å². The Balaban J connectivity index is 3.80. The average molecular weight is 281 g/mol. The van der Waals surface area contributed by atoms with Gasteiger partial charge in [0.25, 0.3) is 0 Å². The predicted molar refractivity (Wildman–Crippen MR) is 54.6 cm³/mol. The molecule has 0 atom stereocenters. The van der Waals surface area contributed by atoms with Gasteiger partial charge in [0.15, 0.2) is 0 Å². The molecule has 0 spiro atoms. The fraction of sp³-hybridized carbons (Fsp3) is 1.00. The summed E-state index contributed by atoms with van der Waals surface area (Å²) in [4.78, 5) is 2.23. The first-order chi connectivity index (χ1) is 5.68. The summed E-state index contributed by atoms with van der Waals surface area (Å²) in [5.41, 5.74) is 0. The summed E-state index contributed by atoms with van der Waals surface area (Å²) >= 11 is -2.50. The zero-order chi connectivity index (χ0) is 9.45. The fourth-order valence-corrected chi connectivity index (χ4v) is 8.68. The number of unbranched alkanes of at least 4 members (excludes halogenated alkanes) is 1. The van der Waals surface area contributed by atoms with Crippen LogP contribution in [0.2, 0.25) is 9.38 Å². The van der Waals surface area contributed by atoms with E-state index in [1.54, 1.807) is 0 Å². The van der Waals surface area contributed by atoms with Gasteiger partial charge in [-0.05, 0) is 0 Å². The van der Waals surface area contributed by atoms with E-state index in [-0.39, 0.29) is 0 Å². The van der Waals surface area contributed by atoms with Gasteiger partial charge in [-0.15, -0.1) is 0 Å². The molecule has 0 bridgehead atoms. The Morgan fingerprint density at radius 3 is 1.83 bits per heavy atom. The van der Waals surface area contributed by atoms with Crippen LogP contribution in [0.1, 0.15) is 33.6 Å². The summed E-state index contributed by atoms with van der Waals surface area (Å²) in [6.07, 6.45) is 2.50. The van der Waals surface area contributed by atoms with Crippen molar-refractivity contribution in [3.05, 3.63) is 0 Å². The Morgan fingerprint density at radius 1 is 1.00 bits per heavy atom. The molecular weight excluding hydrogens is 259 g/mol. The SMILES string of the molecule is CCC[CH2][Sn]([CH3])([O]CC)[O]CC. The molecule has 0 rings (SSSR count). The molecule has 0 N–H and O–H groups in total. The summed E-state index contributed by atoms with van der Waals surface area (Å²) < 4.78 is 12.7. The van der Waals surface area contributed by atoms with Gasteiger partial charge in [-0.3, -0.25) is 0 Å². The maximum atomic E-state index is 5.76. The monoisotopic (exact) mass is 282 g/mol. The third kappa shape index (κ3) is 5.38. The van der Waals surface area contributed by atoms with E-state index >= 15 is 0 Å². The molecule has 0 radical (unpaired) electrons. The van der Waals surface area contributed by atoms with Crippen LogP contribution >= 0.6 is 0 Å². The van der Waals surface area contributed by atoms with Crippen LogP contribution in [0.25, 0.3) is 0 Å². The molecule has 0 aromatic heterocycles. The molecule has 0 fully saturated rings. The Bertz CT molecular complexity index is 101. The Morgan fingerprint density at radius 2 is 1.50 bits per heavy atom. The standard InChI is InChI=1S/C4H9.2C2H5O.CH3.Sn/c1-3-4-2;2*1-2-3;;/h1,3-4H2,2H3;2*2H2,1H3;1H3;/q;2*-1;;+2. The molecule has 0 unspecified atom stereocenters. The first-order valence-corrected chi connectivity index (χ1v) is 12.2. The van der Waals surface area contributed by atoms with Crippen LogP contribution < -0.4 is 0 Å². The molecule has 0 saturated carbocycles. The fourth-order valence-electron chi connectivity index (χ4n) is 1.29. The summed E-state index contributed by atoms with van der Waals surface area (Å²) in [5, 5.41) is 0. The molecule has 3 heteroatoms. The van der Waals surface area contributed by atoms with Crippen molar-refractivity contribution in [2.75, 3.05) is 13.2 Å². The van der Waals surface area contributed by atoms with Gasteiger partial charge in [0, 0.05) is 0 Å². The van der Waals surface area contributed by atoms with Gasteiger partial charge in [-0.1, -0.05) is 0 Å². The molecule has 12 heavy (non-hydrogen) atoms. The Kier molecular flexibility index (Phi) is 7.58. The Labute approximate surface area is 81.6 Å². The van der Waals surface area contributed by atoms with Crippen molar-refractivity contribution in [2.45, 2.75) is 43.0 Å². The molecule has 74 valence electrons. The van der Waals surface area contributed by atoms with Crippen molar-refractivity contribution in [3.63, 3.8) is 0 Å². The van der Waals surface area contributed by atoms with E-state index in [9.17, 15) is 0 Å². The Hall–Kier alpha value is 0.719. The normalized spacial score (nSPS) is 12.0. The summed E-state index contributed by atoms with van der Waals surface area (Å²) in [5.74, 6) is 0. The van der Waals surface area contributed by atoms with Crippen molar-refractivity contribution < 1.29 is 6.15 Å². The van der Waals surface area contributed by atoms with Gasteiger partial charge >= 0.3 is 81.6 Å². The minimum atomic E-state index is -2.50. The van der Waals surface area contributed by atoms with Gasteiger partial charge in [0.05, 0.1) is 0 Å². The second-order valence-corrected chi connectivity index (χ2v) is 12.7. The van der Waals surface area contributed by atoms with Crippen molar-refractivity contribution in [1.82, 2.24) is 0 Å². The zero-order valence-corrected chi connectivity index (χ0v) is 11.7. The number of hydrogen-bond donors (Lipinski definition) is 0. The molecular formula is C9H22O2Sn. The van der Waals surface area contributed by atoms with Crippen LogP contribution in [-0.4, -0.2) is 32.4 Å². The third-order valence-corrected chi connectivity index (χ3v) is 10.6. The van der Waals surface area contributed by atoms with Crippen LogP contribution in [0.5, 0.6) is 0 Å². The summed E-state index contributed by atoms with van der Waals surface area (Å²) in [7, 11) is 0. The van der Waals surface area contributed by atoms with Gasteiger partial charge in [-0.2, -0.15) is 0 Å². The van der Waals surface area contributed by atoms with Crippen molar-refractivity contribution in [2.24, 2.45) is 0 Å². The second-order valence-electron chi connectivity index (χ2n) is 3.10. The van der Waals surface area contributed by atoms with Crippen molar-refractivity contribution in [1.29, 1.82) is 0 Å².